The van der Waals surface area contributed by atoms with Crippen molar-refractivity contribution in [3.63, 3.8) is 0 Å². The first-order chi connectivity index (χ1) is 9.20. The molecule has 0 spiro atoms. The quantitative estimate of drug-likeness (QED) is 0.799. The van der Waals surface area contributed by atoms with Gasteiger partial charge in [0, 0.05) is 6.04 Å². The van der Waals surface area contributed by atoms with Gasteiger partial charge in [-0.15, -0.1) is 0 Å². The van der Waals surface area contributed by atoms with Gasteiger partial charge in [0.2, 0.25) is 0 Å². The highest BCUT2D eigenvalue weighted by Crippen LogP contribution is 2.57. The first-order valence-electron chi connectivity index (χ1n) is 7.38. The van der Waals surface area contributed by atoms with Crippen molar-refractivity contribution in [3.05, 3.63) is 33.8 Å². The highest BCUT2D eigenvalue weighted by Gasteiger charge is 2.48. The maximum atomic E-state index is 6.42. The van der Waals surface area contributed by atoms with E-state index in [4.69, 9.17) is 23.2 Å². The van der Waals surface area contributed by atoms with Gasteiger partial charge in [-0.05, 0) is 61.6 Å². The lowest BCUT2D eigenvalue weighted by Crippen LogP contribution is -2.28. The molecule has 0 heterocycles. The molecule has 3 unspecified atom stereocenters. The number of hydrogen-bond acceptors (Lipinski definition) is 1. The summed E-state index contributed by atoms with van der Waals surface area (Å²) in [5.74, 6) is 2.72. The Balaban J connectivity index is 1.83. The van der Waals surface area contributed by atoms with Crippen molar-refractivity contribution in [2.45, 2.75) is 38.6 Å². The van der Waals surface area contributed by atoms with Gasteiger partial charge in [-0.25, -0.2) is 0 Å². The van der Waals surface area contributed by atoms with Gasteiger partial charge in [-0.1, -0.05) is 42.3 Å². The molecule has 3 rings (SSSR count). The molecular weight excluding hydrogens is 277 g/mol. The van der Waals surface area contributed by atoms with Crippen LogP contribution in [0.5, 0.6) is 0 Å². The Hall–Kier alpha value is -0.240. The Labute approximate surface area is 125 Å². The van der Waals surface area contributed by atoms with Crippen LogP contribution < -0.4 is 5.32 Å². The highest BCUT2D eigenvalue weighted by molar-refractivity contribution is 6.42. The van der Waals surface area contributed by atoms with E-state index in [1.807, 2.05) is 12.1 Å². The van der Waals surface area contributed by atoms with E-state index in [0.717, 1.165) is 35.7 Å². The van der Waals surface area contributed by atoms with E-state index in [1.54, 1.807) is 0 Å². The Bertz CT molecular complexity index is 450. The lowest BCUT2D eigenvalue weighted by atomic mass is 9.89. The molecule has 104 valence electrons. The van der Waals surface area contributed by atoms with Crippen LogP contribution in [0.2, 0.25) is 10.0 Å². The van der Waals surface area contributed by atoms with Crippen molar-refractivity contribution in [1.29, 1.82) is 0 Å². The van der Waals surface area contributed by atoms with Gasteiger partial charge < -0.3 is 5.32 Å². The predicted molar refractivity (Wildman–Crippen MR) is 81.8 cm³/mol. The lowest BCUT2D eigenvalue weighted by Gasteiger charge is -2.27. The van der Waals surface area contributed by atoms with Crippen molar-refractivity contribution in [1.82, 2.24) is 5.32 Å². The average Bonchev–Trinajstić information content (AvgIpc) is 3.02. The number of hydrogen-bond donors (Lipinski definition) is 1. The SMILES string of the molecule is CCCNC(c1cccc(Cl)c1Cl)C1CC2CC2C1. The maximum absolute atomic E-state index is 6.42. The van der Waals surface area contributed by atoms with E-state index in [2.05, 4.69) is 18.3 Å². The molecule has 0 amide bonds. The molecule has 2 fully saturated rings. The molecule has 0 bridgehead atoms. The molecule has 19 heavy (non-hydrogen) atoms. The normalized spacial score (nSPS) is 30.2. The largest absolute Gasteiger partial charge is 0.310 e. The fourth-order valence-electron chi connectivity index (χ4n) is 3.62. The number of nitrogens with one attached hydrogen (secondary N) is 1. The third-order valence-electron chi connectivity index (χ3n) is 4.68. The van der Waals surface area contributed by atoms with Crippen molar-refractivity contribution >= 4 is 23.2 Å². The zero-order valence-corrected chi connectivity index (χ0v) is 12.8. The summed E-state index contributed by atoms with van der Waals surface area (Å²) in [5, 5.41) is 5.10. The summed E-state index contributed by atoms with van der Waals surface area (Å²) in [7, 11) is 0. The van der Waals surface area contributed by atoms with Crippen LogP contribution in [0.15, 0.2) is 18.2 Å². The van der Waals surface area contributed by atoms with E-state index >= 15 is 0 Å². The minimum Gasteiger partial charge on any atom is -0.310 e. The molecule has 0 aromatic heterocycles. The van der Waals surface area contributed by atoms with Crippen LogP contribution in [0.3, 0.4) is 0 Å². The van der Waals surface area contributed by atoms with Crippen LogP contribution in [-0.4, -0.2) is 6.54 Å². The Morgan fingerprint density at radius 3 is 2.63 bits per heavy atom. The number of benzene rings is 1. The molecule has 2 aliphatic rings. The topological polar surface area (TPSA) is 12.0 Å². The van der Waals surface area contributed by atoms with E-state index in [1.165, 1.54) is 24.8 Å². The van der Waals surface area contributed by atoms with Gasteiger partial charge >= 0.3 is 0 Å². The molecule has 1 aromatic carbocycles. The van der Waals surface area contributed by atoms with E-state index in [9.17, 15) is 0 Å². The second-order valence-electron chi connectivity index (χ2n) is 6.06. The second-order valence-corrected chi connectivity index (χ2v) is 6.85. The summed E-state index contributed by atoms with van der Waals surface area (Å²) in [4.78, 5) is 0. The lowest BCUT2D eigenvalue weighted by molar-refractivity contribution is 0.342. The van der Waals surface area contributed by atoms with Gasteiger partial charge in [-0.2, -0.15) is 0 Å². The Morgan fingerprint density at radius 1 is 1.21 bits per heavy atom. The zero-order valence-electron chi connectivity index (χ0n) is 11.3. The summed E-state index contributed by atoms with van der Waals surface area (Å²) in [6, 6.07) is 6.39. The van der Waals surface area contributed by atoms with Crippen LogP contribution in [-0.2, 0) is 0 Å². The number of fused-ring (bicyclic) bond motifs is 1. The van der Waals surface area contributed by atoms with Crippen molar-refractivity contribution < 1.29 is 0 Å². The smallest absolute Gasteiger partial charge is 0.0640 e. The van der Waals surface area contributed by atoms with E-state index in [-0.39, 0.29) is 0 Å². The molecular formula is C16H21Cl2N. The van der Waals surface area contributed by atoms with Gasteiger partial charge in [-0.3, -0.25) is 0 Å². The average molecular weight is 298 g/mol. The first-order valence-corrected chi connectivity index (χ1v) is 8.13. The minimum atomic E-state index is 0.374. The molecule has 1 nitrogen and oxygen atoms in total. The third-order valence-corrected chi connectivity index (χ3v) is 5.52. The van der Waals surface area contributed by atoms with Gasteiger partial charge in [0.05, 0.1) is 10.0 Å². The molecule has 3 heteroatoms. The molecule has 2 saturated carbocycles. The minimum absolute atomic E-state index is 0.374. The fraction of sp³-hybridized carbons (Fsp3) is 0.625. The molecule has 0 aliphatic heterocycles. The highest BCUT2D eigenvalue weighted by atomic mass is 35.5. The molecule has 1 N–H and O–H groups in total. The van der Waals surface area contributed by atoms with Gasteiger partial charge in [0.15, 0.2) is 0 Å². The summed E-state index contributed by atoms with van der Waals surface area (Å²) in [6.07, 6.45) is 5.32. The van der Waals surface area contributed by atoms with Crippen molar-refractivity contribution in [2.24, 2.45) is 17.8 Å². The first kappa shape index (κ1) is 13.7. The van der Waals surface area contributed by atoms with Crippen LogP contribution in [0.4, 0.5) is 0 Å². The Kier molecular flexibility index (Phi) is 4.07. The van der Waals surface area contributed by atoms with Crippen molar-refractivity contribution in [3.8, 4) is 0 Å². The summed E-state index contributed by atoms with van der Waals surface area (Å²) in [5.41, 5.74) is 1.19. The predicted octanol–water partition coefficient (Wildman–Crippen LogP) is 5.08. The fourth-order valence-corrected chi connectivity index (χ4v) is 4.05. The monoisotopic (exact) mass is 297 g/mol. The zero-order chi connectivity index (χ0) is 13.4. The molecule has 0 saturated heterocycles. The van der Waals surface area contributed by atoms with Crippen LogP contribution >= 0.6 is 23.2 Å². The van der Waals surface area contributed by atoms with Gasteiger partial charge in [0.1, 0.15) is 0 Å². The van der Waals surface area contributed by atoms with Crippen LogP contribution in [0.1, 0.15) is 44.2 Å². The number of rotatable bonds is 5. The standard InChI is InChI=1S/C16H21Cl2N/c1-2-6-19-16(12-8-10-7-11(10)9-12)13-4-3-5-14(17)15(13)18/h3-5,10-12,16,19H,2,6-9H2,1H3. The second kappa shape index (κ2) is 5.63. The third kappa shape index (κ3) is 2.79. The molecule has 0 radical (unpaired) electrons. The molecule has 3 atom stereocenters. The number of halogens is 2. The van der Waals surface area contributed by atoms with E-state index in [0.29, 0.717) is 11.1 Å². The van der Waals surface area contributed by atoms with Crippen LogP contribution in [0, 0.1) is 17.8 Å². The van der Waals surface area contributed by atoms with Gasteiger partial charge in [0.25, 0.3) is 0 Å². The van der Waals surface area contributed by atoms with Crippen LogP contribution in [0.25, 0.3) is 0 Å². The molecule has 1 aromatic rings. The van der Waals surface area contributed by atoms with E-state index < -0.39 is 0 Å². The summed E-state index contributed by atoms with van der Waals surface area (Å²) < 4.78 is 0. The Morgan fingerprint density at radius 2 is 1.95 bits per heavy atom. The summed E-state index contributed by atoms with van der Waals surface area (Å²) in [6.45, 7) is 3.25. The summed E-state index contributed by atoms with van der Waals surface area (Å²) >= 11 is 12.6. The van der Waals surface area contributed by atoms with Crippen molar-refractivity contribution in [2.75, 3.05) is 6.54 Å². The maximum Gasteiger partial charge on any atom is 0.0640 e. The molecule has 2 aliphatic carbocycles.